The van der Waals surface area contributed by atoms with E-state index in [-0.39, 0.29) is 12.3 Å². The standard InChI is InChI=1S/C19H24BrN3O2/c1-13-9-17-14(2)23(12-22-19(17)10-18(13)20)11-16(25)7-6-15(24)5-4-8-21-3/h6-7,9-10,12,15,21,24H,2,4-5,8,11H2,1,3H3/b7-6+/t15-/m0/s1. The van der Waals surface area contributed by atoms with Gasteiger partial charge in [-0.3, -0.25) is 4.79 Å². The monoisotopic (exact) mass is 405 g/mol. The average Bonchev–Trinajstić information content (AvgIpc) is 2.58. The van der Waals surface area contributed by atoms with E-state index in [1.54, 1.807) is 17.3 Å². The van der Waals surface area contributed by atoms with Gasteiger partial charge in [-0.15, -0.1) is 0 Å². The van der Waals surface area contributed by atoms with Crippen LogP contribution in [0.1, 0.15) is 24.0 Å². The van der Waals surface area contributed by atoms with Crippen LogP contribution < -0.4 is 5.32 Å². The first kappa shape index (κ1) is 19.6. The molecule has 0 saturated heterocycles. The minimum Gasteiger partial charge on any atom is -0.389 e. The molecule has 25 heavy (non-hydrogen) atoms. The molecule has 1 atom stereocenters. The Morgan fingerprint density at radius 1 is 1.52 bits per heavy atom. The van der Waals surface area contributed by atoms with Gasteiger partial charge in [0.2, 0.25) is 0 Å². The predicted molar refractivity (Wildman–Crippen MR) is 106 cm³/mol. The van der Waals surface area contributed by atoms with Gasteiger partial charge in [0, 0.05) is 15.7 Å². The number of aliphatic hydroxyl groups is 1. The summed E-state index contributed by atoms with van der Waals surface area (Å²) in [6.45, 7) is 7.09. The highest BCUT2D eigenvalue weighted by atomic mass is 79.9. The third-order valence-electron chi connectivity index (χ3n) is 4.03. The molecule has 1 aromatic rings. The van der Waals surface area contributed by atoms with Crippen LogP contribution in [-0.2, 0) is 4.79 Å². The highest BCUT2D eigenvalue weighted by Gasteiger charge is 2.19. The third-order valence-corrected chi connectivity index (χ3v) is 4.88. The lowest BCUT2D eigenvalue weighted by atomic mass is 10.0. The summed E-state index contributed by atoms with van der Waals surface area (Å²) in [6.07, 6.45) is 5.50. The number of ketones is 1. The number of rotatable bonds is 8. The number of nitrogens with one attached hydrogen (secondary N) is 1. The number of hydrogen-bond acceptors (Lipinski definition) is 5. The molecule has 0 fully saturated rings. The maximum atomic E-state index is 12.2. The van der Waals surface area contributed by atoms with Crippen molar-refractivity contribution in [3.05, 3.63) is 46.5 Å². The normalized spacial score (nSPS) is 14.9. The Balaban J connectivity index is 1.96. The molecule has 0 aliphatic carbocycles. The molecule has 0 saturated carbocycles. The number of fused-ring (bicyclic) bond motifs is 1. The van der Waals surface area contributed by atoms with Gasteiger partial charge in [-0.1, -0.05) is 28.6 Å². The highest BCUT2D eigenvalue weighted by molar-refractivity contribution is 9.10. The fourth-order valence-corrected chi connectivity index (χ4v) is 2.86. The van der Waals surface area contributed by atoms with Gasteiger partial charge in [0.1, 0.15) is 0 Å². The van der Waals surface area contributed by atoms with E-state index < -0.39 is 6.10 Å². The van der Waals surface area contributed by atoms with E-state index in [1.807, 2.05) is 26.1 Å². The summed E-state index contributed by atoms with van der Waals surface area (Å²) >= 11 is 3.50. The molecule has 0 aromatic heterocycles. The number of aliphatic imine (C=N–C) groups is 1. The van der Waals surface area contributed by atoms with Crippen LogP contribution in [0.4, 0.5) is 5.69 Å². The lowest BCUT2D eigenvalue weighted by molar-refractivity contribution is -0.114. The van der Waals surface area contributed by atoms with E-state index in [0.29, 0.717) is 6.42 Å². The topological polar surface area (TPSA) is 64.9 Å². The second kappa shape index (κ2) is 9.08. The molecule has 1 heterocycles. The molecule has 1 aromatic carbocycles. The molecule has 0 spiro atoms. The molecule has 2 rings (SSSR count). The van der Waals surface area contributed by atoms with Crippen molar-refractivity contribution in [3.63, 3.8) is 0 Å². The van der Waals surface area contributed by atoms with Crippen molar-refractivity contribution in [1.82, 2.24) is 10.2 Å². The van der Waals surface area contributed by atoms with E-state index in [9.17, 15) is 9.90 Å². The molecular weight excluding hydrogens is 382 g/mol. The number of aliphatic hydroxyl groups excluding tert-OH is 1. The second-order valence-corrected chi connectivity index (χ2v) is 6.93. The van der Waals surface area contributed by atoms with Gasteiger partial charge in [0.15, 0.2) is 5.78 Å². The Morgan fingerprint density at radius 3 is 3.00 bits per heavy atom. The van der Waals surface area contributed by atoms with Crippen LogP contribution in [0.2, 0.25) is 0 Å². The molecule has 0 unspecified atom stereocenters. The van der Waals surface area contributed by atoms with Gasteiger partial charge in [-0.2, -0.15) is 0 Å². The third kappa shape index (κ3) is 5.36. The van der Waals surface area contributed by atoms with Gasteiger partial charge in [0.25, 0.3) is 0 Å². The molecule has 5 nitrogen and oxygen atoms in total. The van der Waals surface area contributed by atoms with E-state index in [0.717, 1.165) is 39.9 Å². The highest BCUT2D eigenvalue weighted by Crippen LogP contribution is 2.35. The summed E-state index contributed by atoms with van der Waals surface area (Å²) in [6, 6.07) is 3.96. The number of carbonyl (C=O) groups is 1. The van der Waals surface area contributed by atoms with Crippen LogP contribution in [0.5, 0.6) is 0 Å². The van der Waals surface area contributed by atoms with Gasteiger partial charge in [-0.25, -0.2) is 4.99 Å². The summed E-state index contributed by atoms with van der Waals surface area (Å²) in [7, 11) is 1.87. The first-order chi connectivity index (χ1) is 11.9. The first-order valence-electron chi connectivity index (χ1n) is 8.26. The van der Waals surface area contributed by atoms with Crippen molar-refractivity contribution in [2.24, 2.45) is 4.99 Å². The van der Waals surface area contributed by atoms with Crippen molar-refractivity contribution in [1.29, 1.82) is 0 Å². The van der Waals surface area contributed by atoms with Gasteiger partial charge in [0.05, 0.1) is 24.7 Å². The number of halogens is 1. The van der Waals surface area contributed by atoms with E-state index in [4.69, 9.17) is 0 Å². The van der Waals surface area contributed by atoms with Gasteiger partial charge < -0.3 is 15.3 Å². The Kier molecular flexibility index (Phi) is 7.11. The Morgan fingerprint density at radius 2 is 2.28 bits per heavy atom. The zero-order valence-corrected chi connectivity index (χ0v) is 16.2. The van der Waals surface area contributed by atoms with Crippen LogP contribution in [0.15, 0.2) is 40.3 Å². The van der Waals surface area contributed by atoms with Crippen molar-refractivity contribution in [3.8, 4) is 0 Å². The van der Waals surface area contributed by atoms with Crippen LogP contribution in [0.25, 0.3) is 5.70 Å². The minimum absolute atomic E-state index is 0.0995. The quantitative estimate of drug-likeness (QED) is 0.514. The molecule has 0 bridgehead atoms. The van der Waals surface area contributed by atoms with Crippen molar-refractivity contribution in [2.75, 3.05) is 20.1 Å². The van der Waals surface area contributed by atoms with Crippen molar-refractivity contribution in [2.45, 2.75) is 25.9 Å². The maximum absolute atomic E-state index is 12.2. The lowest BCUT2D eigenvalue weighted by Crippen LogP contribution is -2.28. The fraction of sp³-hybridized carbons (Fsp3) is 0.368. The van der Waals surface area contributed by atoms with Crippen LogP contribution in [0.3, 0.4) is 0 Å². The number of benzene rings is 1. The minimum atomic E-state index is -0.601. The smallest absolute Gasteiger partial charge is 0.175 e. The molecule has 2 N–H and O–H groups in total. The lowest BCUT2D eigenvalue weighted by Gasteiger charge is -2.26. The summed E-state index contributed by atoms with van der Waals surface area (Å²) in [4.78, 5) is 18.3. The van der Waals surface area contributed by atoms with Gasteiger partial charge in [-0.05, 0) is 57.1 Å². The van der Waals surface area contributed by atoms with E-state index >= 15 is 0 Å². The van der Waals surface area contributed by atoms with Crippen LogP contribution in [-0.4, -0.2) is 48.4 Å². The molecule has 134 valence electrons. The summed E-state index contributed by atoms with van der Waals surface area (Å²) in [5, 5.41) is 12.9. The second-order valence-electron chi connectivity index (χ2n) is 6.08. The number of aryl methyl sites for hydroxylation is 1. The fourth-order valence-electron chi connectivity index (χ4n) is 2.52. The zero-order valence-electron chi connectivity index (χ0n) is 14.6. The van der Waals surface area contributed by atoms with Crippen LogP contribution >= 0.6 is 15.9 Å². The molecular formula is C19H24BrN3O2. The maximum Gasteiger partial charge on any atom is 0.175 e. The largest absolute Gasteiger partial charge is 0.389 e. The molecule has 0 amide bonds. The Bertz CT molecular complexity index is 713. The summed E-state index contributed by atoms with van der Waals surface area (Å²) in [5.41, 5.74) is 3.60. The number of hydrogen-bond donors (Lipinski definition) is 2. The Labute approximate surface area is 157 Å². The van der Waals surface area contributed by atoms with E-state index in [2.05, 4.69) is 32.8 Å². The average molecular weight is 406 g/mol. The number of nitrogens with zero attached hydrogens (tertiary/aromatic N) is 2. The predicted octanol–water partition coefficient (Wildman–Crippen LogP) is 3.19. The molecule has 1 aliphatic heterocycles. The van der Waals surface area contributed by atoms with Crippen molar-refractivity contribution < 1.29 is 9.90 Å². The molecule has 0 radical (unpaired) electrons. The molecule has 1 aliphatic rings. The summed E-state index contributed by atoms with van der Waals surface area (Å²) in [5.74, 6) is -0.0995. The SMILES string of the molecule is C=C1c2cc(C)c(Br)cc2N=CN1CC(=O)/C=C/[C@@H](O)CCCNC. The first-order valence-corrected chi connectivity index (χ1v) is 9.05. The van der Waals surface area contributed by atoms with Crippen LogP contribution in [0, 0.1) is 6.92 Å². The summed E-state index contributed by atoms with van der Waals surface area (Å²) < 4.78 is 0.996. The van der Waals surface area contributed by atoms with Gasteiger partial charge >= 0.3 is 0 Å². The number of carbonyl (C=O) groups excluding carboxylic acids is 1. The Hall–Kier alpha value is -1.76. The molecule has 6 heteroatoms. The van der Waals surface area contributed by atoms with Crippen molar-refractivity contribution >= 4 is 39.4 Å². The van der Waals surface area contributed by atoms with E-state index in [1.165, 1.54) is 6.08 Å². The zero-order chi connectivity index (χ0) is 18.4.